The Morgan fingerprint density at radius 2 is 1.65 bits per heavy atom. The Hall–Kier alpha value is -2.73. The molecule has 1 amide bonds. The Labute approximate surface area is 203 Å². The van der Waals surface area contributed by atoms with E-state index < -0.39 is 26.0 Å². The van der Waals surface area contributed by atoms with Crippen LogP contribution in [0, 0.1) is 12.8 Å². The maximum atomic E-state index is 12.8. The fourth-order valence-electron chi connectivity index (χ4n) is 3.71. The molecule has 2 aromatic carbocycles. The van der Waals surface area contributed by atoms with Gasteiger partial charge >= 0.3 is 0 Å². The van der Waals surface area contributed by atoms with Crippen molar-refractivity contribution in [1.82, 2.24) is 4.31 Å². The van der Waals surface area contributed by atoms with Crippen LogP contribution in [0.1, 0.15) is 18.4 Å². The highest BCUT2D eigenvalue weighted by Crippen LogP contribution is 2.27. The van der Waals surface area contributed by atoms with Crippen LogP contribution in [0.5, 0.6) is 0 Å². The molecule has 2 heterocycles. The summed E-state index contributed by atoms with van der Waals surface area (Å²) < 4.78 is 55.0. The Morgan fingerprint density at radius 1 is 0.971 bits per heavy atom. The van der Waals surface area contributed by atoms with Crippen LogP contribution in [0.4, 0.5) is 11.4 Å². The summed E-state index contributed by atoms with van der Waals surface area (Å²) in [5, 5.41) is 4.49. The van der Waals surface area contributed by atoms with E-state index >= 15 is 0 Å². The fraction of sp³-hybridized carbons (Fsp3) is 0.261. The lowest BCUT2D eigenvalue weighted by atomic mass is 9.99. The van der Waals surface area contributed by atoms with E-state index in [1.807, 2.05) is 19.1 Å². The first kappa shape index (κ1) is 24.4. The van der Waals surface area contributed by atoms with E-state index in [0.717, 1.165) is 16.9 Å². The molecule has 180 valence electrons. The molecule has 8 nitrogen and oxygen atoms in total. The molecule has 1 aromatic heterocycles. The second kappa shape index (κ2) is 9.87. The van der Waals surface area contributed by atoms with E-state index in [1.54, 1.807) is 29.6 Å². The minimum atomic E-state index is -3.77. The number of nitrogens with zero attached hydrogens (tertiary/aromatic N) is 1. The molecule has 2 N–H and O–H groups in total. The molecule has 0 saturated carbocycles. The maximum absolute atomic E-state index is 12.8. The first-order valence-corrected chi connectivity index (χ1v) is 14.5. The van der Waals surface area contributed by atoms with Crippen molar-refractivity contribution in [2.75, 3.05) is 23.1 Å². The topological polar surface area (TPSA) is 113 Å². The quantitative estimate of drug-likeness (QED) is 0.492. The number of piperidine rings is 1. The van der Waals surface area contributed by atoms with E-state index in [4.69, 9.17) is 0 Å². The number of hydrogen-bond donors (Lipinski definition) is 2. The van der Waals surface area contributed by atoms with E-state index in [9.17, 15) is 21.6 Å². The molecule has 11 heteroatoms. The number of benzene rings is 2. The summed E-state index contributed by atoms with van der Waals surface area (Å²) in [5.74, 6) is -0.783. The van der Waals surface area contributed by atoms with Gasteiger partial charge < -0.3 is 5.32 Å². The summed E-state index contributed by atoms with van der Waals surface area (Å²) in [7, 11) is -7.38. The maximum Gasteiger partial charge on any atom is 0.261 e. The van der Waals surface area contributed by atoms with Crippen molar-refractivity contribution in [1.29, 1.82) is 0 Å². The van der Waals surface area contributed by atoms with Crippen LogP contribution >= 0.6 is 11.3 Å². The van der Waals surface area contributed by atoms with Crippen LogP contribution in [0.25, 0.3) is 0 Å². The first-order chi connectivity index (χ1) is 16.1. The van der Waals surface area contributed by atoms with Crippen LogP contribution < -0.4 is 10.0 Å². The molecule has 0 unspecified atom stereocenters. The number of amides is 1. The van der Waals surface area contributed by atoms with Crippen LogP contribution in [0.15, 0.2) is 75.1 Å². The van der Waals surface area contributed by atoms with Gasteiger partial charge in [-0.25, -0.2) is 16.8 Å². The lowest BCUT2D eigenvalue weighted by molar-refractivity contribution is -0.120. The van der Waals surface area contributed by atoms with E-state index in [0.29, 0.717) is 30.8 Å². The number of anilines is 2. The Morgan fingerprint density at radius 3 is 2.29 bits per heavy atom. The standard InChI is InChI=1S/C23H25N3O5S3/c1-17-6-8-20(9-7-17)25-33(28,29)21-12-10-19(11-13-21)24-23(27)18-4-2-14-26(16-18)34(30,31)22-5-3-15-32-22/h3,5-13,15,18,25H,2,4,14,16H2,1H3,(H,24,27)/t18-/m1/s1. The van der Waals surface area contributed by atoms with Gasteiger partial charge in [0.2, 0.25) is 5.91 Å². The highest BCUT2D eigenvalue weighted by Gasteiger charge is 2.33. The third kappa shape index (κ3) is 5.49. The van der Waals surface area contributed by atoms with Crippen molar-refractivity contribution < 1.29 is 21.6 Å². The van der Waals surface area contributed by atoms with Crippen molar-refractivity contribution >= 4 is 48.7 Å². The van der Waals surface area contributed by atoms with Gasteiger partial charge in [0.05, 0.1) is 10.8 Å². The van der Waals surface area contributed by atoms with Gasteiger partial charge in [-0.1, -0.05) is 23.8 Å². The lowest BCUT2D eigenvalue weighted by Crippen LogP contribution is -2.43. The number of rotatable bonds is 7. The van der Waals surface area contributed by atoms with Gasteiger partial charge in [-0.2, -0.15) is 4.31 Å². The van der Waals surface area contributed by atoms with Gasteiger partial charge in [0.1, 0.15) is 4.21 Å². The highest BCUT2D eigenvalue weighted by molar-refractivity contribution is 7.92. The molecule has 0 bridgehead atoms. The number of nitrogens with one attached hydrogen (secondary N) is 2. The zero-order valence-corrected chi connectivity index (χ0v) is 20.9. The van der Waals surface area contributed by atoms with Crippen LogP contribution in [-0.2, 0) is 24.8 Å². The second-order valence-corrected chi connectivity index (χ2v) is 12.9. The summed E-state index contributed by atoms with van der Waals surface area (Å²) in [4.78, 5) is 12.9. The van der Waals surface area contributed by atoms with E-state index in [2.05, 4.69) is 10.0 Å². The number of aryl methyl sites for hydroxylation is 1. The molecule has 3 aromatic rings. The molecule has 1 saturated heterocycles. The smallest absolute Gasteiger partial charge is 0.261 e. The summed E-state index contributed by atoms with van der Waals surface area (Å²) in [6.45, 7) is 2.41. The van der Waals surface area contributed by atoms with Crippen molar-refractivity contribution in [3.8, 4) is 0 Å². The average Bonchev–Trinajstić information content (AvgIpc) is 3.37. The van der Waals surface area contributed by atoms with Gasteiger partial charge in [0.15, 0.2) is 0 Å². The fourth-order valence-corrected chi connectivity index (χ4v) is 7.44. The Bertz CT molecular complexity index is 1350. The highest BCUT2D eigenvalue weighted by atomic mass is 32.2. The minimum Gasteiger partial charge on any atom is -0.326 e. The number of carbonyl (C=O) groups excluding carboxylic acids is 1. The van der Waals surface area contributed by atoms with Crippen LogP contribution in [-0.4, -0.2) is 40.1 Å². The van der Waals surface area contributed by atoms with E-state index in [-0.39, 0.29) is 21.6 Å². The SMILES string of the molecule is Cc1ccc(NS(=O)(=O)c2ccc(NC(=O)[C@@H]3CCCN(S(=O)(=O)c4cccs4)C3)cc2)cc1. The zero-order chi connectivity index (χ0) is 24.3. The molecule has 1 atom stereocenters. The number of thiophene rings is 1. The molecule has 1 aliphatic rings. The number of carbonyl (C=O) groups is 1. The first-order valence-electron chi connectivity index (χ1n) is 10.7. The third-order valence-electron chi connectivity index (χ3n) is 5.58. The van der Waals surface area contributed by atoms with E-state index in [1.165, 1.54) is 28.6 Å². The molecular weight excluding hydrogens is 494 g/mol. The molecule has 0 aliphatic carbocycles. The normalized spacial score (nSPS) is 17.3. The predicted molar refractivity (Wildman–Crippen MR) is 133 cm³/mol. The summed E-state index contributed by atoms with van der Waals surface area (Å²) in [5.41, 5.74) is 1.92. The summed E-state index contributed by atoms with van der Waals surface area (Å²) in [6.07, 6.45) is 1.17. The predicted octanol–water partition coefficient (Wildman–Crippen LogP) is 3.90. The van der Waals surface area contributed by atoms with Gasteiger partial charge in [-0.05, 0) is 67.6 Å². The molecule has 1 aliphatic heterocycles. The lowest BCUT2D eigenvalue weighted by Gasteiger charge is -2.30. The largest absolute Gasteiger partial charge is 0.326 e. The molecule has 34 heavy (non-hydrogen) atoms. The number of sulfonamides is 2. The van der Waals surface area contributed by atoms with Crippen molar-refractivity contribution in [2.24, 2.45) is 5.92 Å². The molecule has 1 fully saturated rings. The van der Waals surface area contributed by atoms with Crippen LogP contribution in [0.2, 0.25) is 0 Å². The van der Waals surface area contributed by atoms with Crippen LogP contribution in [0.3, 0.4) is 0 Å². The Kier molecular flexibility index (Phi) is 7.08. The molecule has 0 spiro atoms. The minimum absolute atomic E-state index is 0.0666. The summed E-state index contributed by atoms with van der Waals surface area (Å²) >= 11 is 1.16. The van der Waals surface area contributed by atoms with Gasteiger partial charge in [-0.15, -0.1) is 11.3 Å². The second-order valence-electron chi connectivity index (χ2n) is 8.12. The van der Waals surface area contributed by atoms with Crippen molar-refractivity contribution in [3.05, 3.63) is 71.6 Å². The van der Waals surface area contributed by atoms with Gasteiger partial charge in [0.25, 0.3) is 20.0 Å². The third-order valence-corrected chi connectivity index (χ3v) is 10.2. The van der Waals surface area contributed by atoms with Crippen molar-refractivity contribution in [2.45, 2.75) is 28.9 Å². The number of hydrogen-bond acceptors (Lipinski definition) is 6. The van der Waals surface area contributed by atoms with Crippen molar-refractivity contribution in [3.63, 3.8) is 0 Å². The summed E-state index contributed by atoms with van der Waals surface area (Å²) in [6, 6.07) is 16.1. The average molecular weight is 520 g/mol. The zero-order valence-electron chi connectivity index (χ0n) is 18.5. The molecular formula is C23H25N3O5S3. The molecule has 4 rings (SSSR count). The monoisotopic (exact) mass is 519 g/mol. The Balaban J connectivity index is 1.40. The molecule has 0 radical (unpaired) electrons. The van der Waals surface area contributed by atoms with Gasteiger partial charge in [-0.3, -0.25) is 9.52 Å². The van der Waals surface area contributed by atoms with Gasteiger partial charge in [0, 0.05) is 24.5 Å².